The highest BCUT2D eigenvalue weighted by Gasteiger charge is 2.23. The topological polar surface area (TPSA) is 27.7 Å². The Hall–Kier alpha value is -2.90. The van der Waals surface area contributed by atoms with Gasteiger partial charge in [0.2, 0.25) is 0 Å². The number of alkyl halides is 1. The van der Waals surface area contributed by atoms with Gasteiger partial charge in [-0.2, -0.15) is 0 Å². The molecule has 3 aromatic carbocycles. The second kappa shape index (κ2) is 11.7. The minimum absolute atomic E-state index is 0.0256. The summed E-state index contributed by atoms with van der Waals surface area (Å²) in [6, 6.07) is 14.0. The largest absolute Gasteiger partial charge is 0.488 e. The first-order valence-electron chi connectivity index (χ1n) is 11.8. The lowest BCUT2D eigenvalue weighted by Gasteiger charge is -2.29. The van der Waals surface area contributed by atoms with Crippen LogP contribution in [-0.2, 0) is 9.47 Å². The van der Waals surface area contributed by atoms with Crippen molar-refractivity contribution >= 4 is 0 Å². The SMILES string of the molecule is CCCC1COC(c2ccc(-c3ccc(-c4cc(F)c(OCCCF)c(F)c4)c(F)c3)cc2)OC1. The van der Waals surface area contributed by atoms with Crippen molar-refractivity contribution in [1.29, 1.82) is 0 Å². The van der Waals surface area contributed by atoms with E-state index in [1.807, 2.05) is 24.3 Å². The Labute approximate surface area is 202 Å². The summed E-state index contributed by atoms with van der Waals surface area (Å²) in [6.45, 7) is 2.67. The van der Waals surface area contributed by atoms with Crippen LogP contribution in [0.25, 0.3) is 22.3 Å². The van der Waals surface area contributed by atoms with Crippen molar-refractivity contribution in [3.8, 4) is 28.0 Å². The molecule has 1 aliphatic heterocycles. The maximum atomic E-state index is 14.9. The van der Waals surface area contributed by atoms with Gasteiger partial charge in [0.05, 0.1) is 26.5 Å². The molecule has 0 aromatic heterocycles. The Bertz CT molecular complexity index is 1100. The summed E-state index contributed by atoms with van der Waals surface area (Å²) < 4.78 is 72.5. The highest BCUT2D eigenvalue weighted by molar-refractivity contribution is 5.71. The van der Waals surface area contributed by atoms with Crippen molar-refractivity contribution in [3.05, 3.63) is 77.6 Å². The maximum absolute atomic E-state index is 14.9. The number of halogens is 4. The third-order valence-electron chi connectivity index (χ3n) is 5.98. The average molecular weight is 489 g/mol. The van der Waals surface area contributed by atoms with Gasteiger partial charge in [-0.25, -0.2) is 13.2 Å². The van der Waals surface area contributed by atoms with E-state index in [-0.39, 0.29) is 24.2 Å². The molecule has 3 aromatic rings. The monoisotopic (exact) mass is 488 g/mol. The molecule has 0 aliphatic carbocycles. The average Bonchev–Trinajstić information content (AvgIpc) is 2.86. The molecular formula is C28H28F4O3. The van der Waals surface area contributed by atoms with Gasteiger partial charge < -0.3 is 14.2 Å². The molecule has 1 heterocycles. The summed E-state index contributed by atoms with van der Waals surface area (Å²) in [6.07, 6.45) is 1.78. The van der Waals surface area contributed by atoms with Crippen LogP contribution in [0.4, 0.5) is 17.6 Å². The van der Waals surface area contributed by atoms with Gasteiger partial charge >= 0.3 is 0 Å². The van der Waals surface area contributed by atoms with Crippen LogP contribution in [0.15, 0.2) is 54.6 Å². The van der Waals surface area contributed by atoms with Crippen molar-refractivity contribution in [1.82, 2.24) is 0 Å². The molecule has 0 bridgehead atoms. The van der Waals surface area contributed by atoms with Gasteiger partial charge in [-0.1, -0.05) is 49.7 Å². The molecule has 0 N–H and O–H groups in total. The third-order valence-corrected chi connectivity index (χ3v) is 5.98. The first kappa shape index (κ1) is 25.2. The van der Waals surface area contributed by atoms with Crippen LogP contribution >= 0.6 is 0 Å². The van der Waals surface area contributed by atoms with E-state index in [9.17, 15) is 17.6 Å². The number of benzene rings is 3. The van der Waals surface area contributed by atoms with E-state index in [2.05, 4.69) is 6.92 Å². The summed E-state index contributed by atoms with van der Waals surface area (Å²) in [5.74, 6) is -2.72. The van der Waals surface area contributed by atoms with Crippen LogP contribution in [-0.4, -0.2) is 26.5 Å². The van der Waals surface area contributed by atoms with Crippen molar-refractivity contribution in [2.75, 3.05) is 26.5 Å². The van der Waals surface area contributed by atoms with Crippen LogP contribution in [0.3, 0.4) is 0 Å². The van der Waals surface area contributed by atoms with Gasteiger partial charge in [0.1, 0.15) is 5.82 Å². The molecule has 0 unspecified atom stereocenters. The van der Waals surface area contributed by atoms with Crippen LogP contribution in [0.2, 0.25) is 0 Å². The number of hydrogen-bond donors (Lipinski definition) is 0. The molecule has 4 rings (SSSR count). The third kappa shape index (κ3) is 6.03. The van der Waals surface area contributed by atoms with E-state index in [4.69, 9.17) is 14.2 Å². The van der Waals surface area contributed by atoms with E-state index in [1.54, 1.807) is 6.07 Å². The van der Waals surface area contributed by atoms with E-state index >= 15 is 0 Å². The van der Waals surface area contributed by atoms with E-state index < -0.39 is 36.2 Å². The number of ether oxygens (including phenoxy) is 3. The van der Waals surface area contributed by atoms with Crippen LogP contribution in [0.1, 0.15) is 38.0 Å². The molecule has 7 heteroatoms. The van der Waals surface area contributed by atoms with Crippen molar-refractivity contribution in [2.45, 2.75) is 32.5 Å². The Balaban J connectivity index is 1.48. The fraction of sp³-hybridized carbons (Fsp3) is 0.357. The van der Waals surface area contributed by atoms with Gasteiger partial charge in [0.25, 0.3) is 0 Å². The zero-order valence-electron chi connectivity index (χ0n) is 19.5. The Morgan fingerprint density at radius 2 is 1.46 bits per heavy atom. The van der Waals surface area contributed by atoms with Crippen LogP contribution < -0.4 is 4.74 Å². The van der Waals surface area contributed by atoms with Crippen molar-refractivity contribution < 1.29 is 31.8 Å². The molecule has 1 fully saturated rings. The summed E-state index contributed by atoms with van der Waals surface area (Å²) in [7, 11) is 0. The Kier molecular flexibility index (Phi) is 8.42. The smallest absolute Gasteiger partial charge is 0.190 e. The van der Waals surface area contributed by atoms with E-state index in [0.717, 1.165) is 36.1 Å². The molecule has 3 nitrogen and oxygen atoms in total. The molecule has 186 valence electrons. The van der Waals surface area contributed by atoms with Crippen molar-refractivity contribution in [3.63, 3.8) is 0 Å². The normalized spacial score (nSPS) is 18.0. The van der Waals surface area contributed by atoms with E-state index in [0.29, 0.717) is 24.7 Å². The molecule has 0 amide bonds. The molecule has 0 saturated carbocycles. The predicted octanol–water partition coefficient (Wildman–Crippen LogP) is 7.64. The van der Waals surface area contributed by atoms with Crippen LogP contribution in [0, 0.1) is 23.4 Å². The first-order valence-corrected chi connectivity index (χ1v) is 11.8. The number of rotatable bonds is 9. The standard InChI is InChI=1S/C28H28F4O3/c1-2-4-18-16-34-28(35-17-18)20-7-5-19(6-8-20)21-9-10-23(24(30)13-21)22-14-25(31)27(26(32)15-22)33-12-3-11-29/h5-10,13-15,18,28H,2-4,11-12,16-17H2,1H3. The van der Waals surface area contributed by atoms with Crippen LogP contribution in [0.5, 0.6) is 5.75 Å². The quantitative estimate of drug-likeness (QED) is 0.229. The highest BCUT2D eigenvalue weighted by Crippen LogP contribution is 2.33. The van der Waals surface area contributed by atoms with Crippen molar-refractivity contribution in [2.24, 2.45) is 5.92 Å². The second-order valence-corrected chi connectivity index (χ2v) is 8.63. The Morgan fingerprint density at radius 3 is 2.06 bits per heavy atom. The van der Waals surface area contributed by atoms with Gasteiger partial charge in [0, 0.05) is 23.5 Å². The lowest BCUT2D eigenvalue weighted by molar-refractivity contribution is -0.206. The Morgan fingerprint density at radius 1 is 0.829 bits per heavy atom. The molecule has 0 atom stereocenters. The molecular weight excluding hydrogens is 460 g/mol. The van der Waals surface area contributed by atoms with Gasteiger partial charge in [-0.15, -0.1) is 0 Å². The lowest BCUT2D eigenvalue weighted by Crippen LogP contribution is -2.26. The first-order chi connectivity index (χ1) is 17.0. The summed E-state index contributed by atoms with van der Waals surface area (Å²) in [5.41, 5.74) is 2.40. The fourth-order valence-corrected chi connectivity index (χ4v) is 4.15. The van der Waals surface area contributed by atoms with Gasteiger partial charge in [-0.3, -0.25) is 4.39 Å². The number of hydrogen-bond acceptors (Lipinski definition) is 3. The van der Waals surface area contributed by atoms with E-state index in [1.165, 1.54) is 12.1 Å². The molecule has 0 spiro atoms. The predicted molar refractivity (Wildman–Crippen MR) is 126 cm³/mol. The van der Waals surface area contributed by atoms with Gasteiger partial charge in [0.15, 0.2) is 23.7 Å². The minimum atomic E-state index is -0.967. The molecule has 0 radical (unpaired) electrons. The molecule has 1 saturated heterocycles. The minimum Gasteiger partial charge on any atom is -0.488 e. The molecule has 35 heavy (non-hydrogen) atoms. The summed E-state index contributed by atoms with van der Waals surface area (Å²) in [4.78, 5) is 0. The molecule has 1 aliphatic rings. The summed E-state index contributed by atoms with van der Waals surface area (Å²) in [5, 5.41) is 0. The highest BCUT2D eigenvalue weighted by atomic mass is 19.1. The summed E-state index contributed by atoms with van der Waals surface area (Å²) >= 11 is 0. The zero-order chi connectivity index (χ0) is 24.8. The lowest BCUT2D eigenvalue weighted by atomic mass is 9.98. The second-order valence-electron chi connectivity index (χ2n) is 8.63. The fourth-order valence-electron chi connectivity index (χ4n) is 4.15. The zero-order valence-corrected chi connectivity index (χ0v) is 19.5. The van der Waals surface area contributed by atoms with Gasteiger partial charge in [-0.05, 0) is 41.3 Å². The maximum Gasteiger partial charge on any atom is 0.190 e.